The largest absolute Gasteiger partial charge is 0.129 e. The van der Waals surface area contributed by atoms with E-state index in [-0.39, 0.29) is 0 Å². The maximum Gasteiger partial charge on any atom is -0.0244 e. The van der Waals surface area contributed by atoms with Crippen molar-refractivity contribution in [1.82, 2.24) is 0 Å². The lowest BCUT2D eigenvalue weighted by atomic mass is 10.1. The number of allylic oxidation sites excluding steroid dienone is 3. The summed E-state index contributed by atoms with van der Waals surface area (Å²) in [5, 5.41) is 0. The second-order valence-electron chi connectivity index (χ2n) is 3.19. The fraction of sp³-hybridized carbons (Fsp3) is 0.286. The molecule has 1 heteroatoms. The second kappa shape index (κ2) is 11.2. The van der Waals surface area contributed by atoms with Crippen molar-refractivity contribution in [1.29, 1.82) is 0 Å². The molecule has 0 heterocycles. The Bertz CT molecular complexity index is 262. The van der Waals surface area contributed by atoms with E-state index < -0.39 is 0 Å². The van der Waals surface area contributed by atoms with Crippen LogP contribution >= 0.6 is 8.58 Å². The van der Waals surface area contributed by atoms with Crippen LogP contribution < -0.4 is 0 Å². The van der Waals surface area contributed by atoms with E-state index in [0.29, 0.717) is 0 Å². The Morgan fingerprint density at radius 2 is 1.80 bits per heavy atom. The van der Waals surface area contributed by atoms with Crippen LogP contribution in [0.1, 0.15) is 12.0 Å². The summed E-state index contributed by atoms with van der Waals surface area (Å²) in [6.07, 6.45) is 8.15. The van der Waals surface area contributed by atoms with Gasteiger partial charge in [0.15, 0.2) is 0 Å². The number of rotatable bonds is 4. The van der Waals surface area contributed by atoms with Crippen LogP contribution in [0.25, 0.3) is 0 Å². The Morgan fingerprint density at radius 1 is 1.20 bits per heavy atom. The van der Waals surface area contributed by atoms with Crippen LogP contribution in [-0.2, 0) is 6.42 Å². The highest BCUT2D eigenvalue weighted by Gasteiger charge is 1.86. The molecule has 0 unspecified atom stereocenters. The van der Waals surface area contributed by atoms with E-state index >= 15 is 0 Å². The molecule has 0 aliphatic heterocycles. The zero-order chi connectivity index (χ0) is 11.4. The van der Waals surface area contributed by atoms with Gasteiger partial charge < -0.3 is 0 Å². The molecule has 0 spiro atoms. The smallest absolute Gasteiger partial charge is 0.0244 e. The first-order valence-electron chi connectivity index (χ1n) is 5.25. The van der Waals surface area contributed by atoms with E-state index in [0.717, 1.165) is 21.4 Å². The molecule has 0 bridgehead atoms. The highest BCUT2D eigenvalue weighted by molar-refractivity contribution is 7.35. The Balaban J connectivity index is 0.000000583. The van der Waals surface area contributed by atoms with Crippen LogP contribution in [0.5, 0.6) is 0 Å². The molecule has 0 atom stereocenters. The molecule has 15 heavy (non-hydrogen) atoms. The number of aryl methyl sites for hydroxylation is 1. The van der Waals surface area contributed by atoms with E-state index in [9.17, 15) is 0 Å². The highest BCUT2D eigenvalue weighted by Crippen LogP contribution is 2.02. The average Bonchev–Trinajstić information content (AvgIpc) is 2.27. The summed E-state index contributed by atoms with van der Waals surface area (Å²) in [5.74, 6) is 0. The average molecular weight is 220 g/mol. The van der Waals surface area contributed by atoms with Crippen molar-refractivity contribution in [2.75, 3.05) is 13.3 Å². The van der Waals surface area contributed by atoms with Gasteiger partial charge in [0.05, 0.1) is 0 Å². The Labute approximate surface area is 95.9 Å². The molecule has 0 saturated carbocycles. The molecular formula is C14H21P. The lowest BCUT2D eigenvalue weighted by Crippen LogP contribution is -1.80. The molecule has 0 radical (unpaired) electrons. The monoisotopic (exact) mass is 220 g/mol. The molecule has 0 fully saturated rings. The molecule has 0 saturated heterocycles. The SMILES string of the molecule is C=C/C=C\CCc1ccccc1.CPC. The minimum absolute atomic E-state index is 1.08. The van der Waals surface area contributed by atoms with Crippen molar-refractivity contribution in [3.8, 4) is 0 Å². The zero-order valence-electron chi connectivity index (χ0n) is 9.74. The van der Waals surface area contributed by atoms with Gasteiger partial charge in [-0.3, -0.25) is 0 Å². The summed E-state index contributed by atoms with van der Waals surface area (Å²) in [6, 6.07) is 10.5. The van der Waals surface area contributed by atoms with Crippen molar-refractivity contribution in [2.24, 2.45) is 0 Å². The summed E-state index contributed by atoms with van der Waals surface area (Å²) in [6.45, 7) is 7.92. The summed E-state index contributed by atoms with van der Waals surface area (Å²) >= 11 is 0. The van der Waals surface area contributed by atoms with E-state index in [1.807, 2.05) is 18.2 Å². The first kappa shape index (κ1) is 14.1. The van der Waals surface area contributed by atoms with Crippen molar-refractivity contribution in [3.63, 3.8) is 0 Å². The Morgan fingerprint density at radius 3 is 2.33 bits per heavy atom. The van der Waals surface area contributed by atoms with Crippen LogP contribution in [0.2, 0.25) is 0 Å². The minimum Gasteiger partial charge on any atom is -0.129 e. The molecule has 82 valence electrons. The van der Waals surface area contributed by atoms with Crippen LogP contribution in [0.15, 0.2) is 55.1 Å². The lowest BCUT2D eigenvalue weighted by Gasteiger charge is -1.95. The third-order valence-electron chi connectivity index (χ3n) is 1.71. The van der Waals surface area contributed by atoms with Gasteiger partial charge in [0, 0.05) is 0 Å². The molecule has 0 N–H and O–H groups in total. The molecule has 0 aromatic heterocycles. The molecule has 1 aromatic rings. The molecular weight excluding hydrogens is 199 g/mol. The van der Waals surface area contributed by atoms with Crippen LogP contribution in [-0.4, -0.2) is 13.3 Å². The third kappa shape index (κ3) is 9.43. The van der Waals surface area contributed by atoms with Crippen molar-refractivity contribution < 1.29 is 0 Å². The first-order valence-corrected chi connectivity index (χ1v) is 7.25. The van der Waals surface area contributed by atoms with Gasteiger partial charge in [-0.1, -0.05) is 55.1 Å². The molecule has 0 aliphatic carbocycles. The number of benzene rings is 1. The maximum atomic E-state index is 3.62. The van der Waals surface area contributed by atoms with E-state index in [1.54, 1.807) is 0 Å². The van der Waals surface area contributed by atoms with Crippen molar-refractivity contribution in [2.45, 2.75) is 12.8 Å². The molecule has 1 rings (SSSR count). The van der Waals surface area contributed by atoms with Crippen LogP contribution in [0.4, 0.5) is 0 Å². The van der Waals surface area contributed by atoms with Gasteiger partial charge in [0.1, 0.15) is 0 Å². The maximum absolute atomic E-state index is 3.62. The predicted molar refractivity (Wildman–Crippen MR) is 74.3 cm³/mol. The van der Waals surface area contributed by atoms with Gasteiger partial charge >= 0.3 is 0 Å². The fourth-order valence-electron chi connectivity index (χ4n) is 1.09. The van der Waals surface area contributed by atoms with Crippen molar-refractivity contribution >= 4 is 8.58 Å². The van der Waals surface area contributed by atoms with Gasteiger partial charge in [0.2, 0.25) is 0 Å². The normalized spacial score (nSPS) is 9.47. The number of hydrogen-bond acceptors (Lipinski definition) is 0. The Kier molecular flexibility index (Phi) is 10.6. The van der Waals surface area contributed by atoms with Crippen molar-refractivity contribution in [3.05, 3.63) is 60.7 Å². The fourth-order valence-corrected chi connectivity index (χ4v) is 1.09. The second-order valence-corrected chi connectivity index (χ2v) is 4.19. The molecule has 0 aliphatic rings. The third-order valence-corrected chi connectivity index (χ3v) is 1.71. The highest BCUT2D eigenvalue weighted by atomic mass is 31.1. The zero-order valence-corrected chi connectivity index (χ0v) is 10.7. The summed E-state index contributed by atoms with van der Waals surface area (Å²) in [5.41, 5.74) is 1.39. The summed E-state index contributed by atoms with van der Waals surface area (Å²) in [4.78, 5) is 0. The predicted octanol–water partition coefficient (Wildman–Crippen LogP) is 4.29. The standard InChI is InChI=1S/C12H14.C2H7P/c1-2-3-4-6-9-12-10-7-5-8-11-12;1-3-2/h2-5,7-8,10-11H,1,6,9H2;3H,1-2H3/b4-3-;. The van der Waals surface area contributed by atoms with Gasteiger partial charge in [-0.2, -0.15) is 0 Å². The van der Waals surface area contributed by atoms with Gasteiger partial charge in [-0.05, 0) is 31.7 Å². The summed E-state index contributed by atoms with van der Waals surface area (Å²) < 4.78 is 0. The first-order chi connectivity index (χ1) is 7.35. The molecule has 0 nitrogen and oxygen atoms in total. The van der Waals surface area contributed by atoms with E-state index in [4.69, 9.17) is 0 Å². The number of hydrogen-bond donors (Lipinski definition) is 0. The lowest BCUT2D eigenvalue weighted by molar-refractivity contribution is 1.00. The molecule has 1 aromatic carbocycles. The van der Waals surface area contributed by atoms with Gasteiger partial charge in [-0.25, -0.2) is 0 Å². The van der Waals surface area contributed by atoms with E-state index in [2.05, 4.69) is 50.3 Å². The van der Waals surface area contributed by atoms with Crippen LogP contribution in [0.3, 0.4) is 0 Å². The topological polar surface area (TPSA) is 0 Å². The van der Waals surface area contributed by atoms with E-state index in [1.165, 1.54) is 5.56 Å². The summed E-state index contributed by atoms with van der Waals surface area (Å²) in [7, 11) is 1.08. The van der Waals surface area contributed by atoms with Gasteiger partial charge in [-0.15, -0.1) is 8.58 Å². The van der Waals surface area contributed by atoms with Crippen LogP contribution in [0, 0.1) is 0 Å². The quantitative estimate of drug-likeness (QED) is 0.524. The molecule has 0 amide bonds. The van der Waals surface area contributed by atoms with Gasteiger partial charge in [0.25, 0.3) is 0 Å². The Hall–Kier alpha value is -0.870. The minimum atomic E-state index is 1.08.